The molecule has 0 radical (unpaired) electrons. The lowest BCUT2D eigenvalue weighted by atomic mass is 9.72. The summed E-state index contributed by atoms with van der Waals surface area (Å²) in [5, 5.41) is 0. The van der Waals surface area contributed by atoms with Crippen molar-refractivity contribution in [3.05, 3.63) is 53.9 Å². The molecule has 0 N–H and O–H groups in total. The summed E-state index contributed by atoms with van der Waals surface area (Å²) in [6.45, 7) is 2.98. The molecule has 0 unspecified atom stereocenters. The Labute approximate surface area is 179 Å². The van der Waals surface area contributed by atoms with Crippen molar-refractivity contribution in [2.45, 2.75) is 58.1 Å². The van der Waals surface area contributed by atoms with Gasteiger partial charge in [0.2, 0.25) is 5.91 Å². The maximum Gasteiger partial charge on any atom is 0.573 e. The predicted molar refractivity (Wildman–Crippen MR) is 109 cm³/mol. The normalized spacial score (nSPS) is 24.1. The number of rotatable bonds is 5. The number of nitrogens with zero attached hydrogens (tertiary/aromatic N) is 2. The summed E-state index contributed by atoms with van der Waals surface area (Å²) < 4.78 is 47.0. The van der Waals surface area contributed by atoms with Crippen molar-refractivity contribution in [1.29, 1.82) is 0 Å². The number of anilines is 1. The van der Waals surface area contributed by atoms with Gasteiger partial charge in [0.25, 0.3) is 0 Å². The number of halogens is 3. The molecule has 1 saturated heterocycles. The van der Waals surface area contributed by atoms with Gasteiger partial charge in [-0.15, -0.1) is 13.2 Å². The van der Waals surface area contributed by atoms with Gasteiger partial charge in [-0.2, -0.15) is 0 Å². The molecule has 1 aliphatic heterocycles. The number of ether oxygens (including phenoxy) is 2. The Morgan fingerprint density at radius 3 is 2.45 bits per heavy atom. The van der Waals surface area contributed by atoms with E-state index in [1.807, 2.05) is 25.1 Å². The van der Waals surface area contributed by atoms with Crippen molar-refractivity contribution >= 4 is 11.6 Å². The lowest BCUT2D eigenvalue weighted by molar-refractivity contribution is -0.274. The zero-order valence-electron chi connectivity index (χ0n) is 17.3. The summed E-state index contributed by atoms with van der Waals surface area (Å²) in [5.74, 6) is -0.242. The summed E-state index contributed by atoms with van der Waals surface area (Å²) >= 11 is 0. The molecule has 1 saturated carbocycles. The molecule has 4 rings (SSSR count). The topological polar surface area (TPSA) is 51.7 Å². The second kappa shape index (κ2) is 8.49. The highest BCUT2D eigenvalue weighted by Crippen LogP contribution is 2.46. The summed E-state index contributed by atoms with van der Waals surface area (Å²) in [6.07, 6.45) is -0.751. The Balaban J connectivity index is 1.33. The van der Waals surface area contributed by atoms with E-state index in [2.05, 4.69) is 9.72 Å². The molecule has 0 atom stereocenters. The molecule has 1 spiro atoms. The minimum atomic E-state index is -4.73. The highest BCUT2D eigenvalue weighted by Gasteiger charge is 2.48. The van der Waals surface area contributed by atoms with Crippen LogP contribution < -0.4 is 9.64 Å². The van der Waals surface area contributed by atoms with E-state index in [0.717, 1.165) is 43.5 Å². The molecule has 1 aromatic carbocycles. The largest absolute Gasteiger partial charge is 0.573 e. The fraction of sp³-hybridized carbons (Fsp3) is 0.478. The molecule has 1 amide bonds. The molecule has 2 heterocycles. The summed E-state index contributed by atoms with van der Waals surface area (Å²) in [5.41, 5.74) is 2.06. The highest BCUT2D eigenvalue weighted by molar-refractivity contribution is 6.00. The minimum Gasteiger partial charge on any atom is -0.406 e. The third-order valence-corrected chi connectivity index (χ3v) is 6.20. The molecular weight excluding hydrogens is 409 g/mol. The van der Waals surface area contributed by atoms with Crippen molar-refractivity contribution in [3.63, 3.8) is 0 Å². The molecular formula is C23H25F3N2O3. The van der Waals surface area contributed by atoms with Crippen molar-refractivity contribution in [1.82, 2.24) is 4.98 Å². The Hall–Kier alpha value is -2.61. The van der Waals surface area contributed by atoms with Crippen LogP contribution in [0, 0.1) is 12.3 Å². The van der Waals surface area contributed by atoms with Gasteiger partial charge in [-0.1, -0.05) is 6.07 Å². The van der Waals surface area contributed by atoms with Crippen LogP contribution in [-0.4, -0.2) is 29.9 Å². The van der Waals surface area contributed by atoms with Crippen molar-refractivity contribution in [2.24, 2.45) is 5.41 Å². The zero-order chi connectivity index (χ0) is 22.1. The van der Waals surface area contributed by atoms with Crippen LogP contribution in [0.25, 0.3) is 0 Å². The Kier molecular flexibility index (Phi) is 5.92. The Morgan fingerprint density at radius 2 is 1.81 bits per heavy atom. The van der Waals surface area contributed by atoms with Gasteiger partial charge < -0.3 is 14.4 Å². The number of aryl methyl sites for hydroxylation is 1. The van der Waals surface area contributed by atoms with Gasteiger partial charge in [0, 0.05) is 17.9 Å². The van der Waals surface area contributed by atoms with E-state index in [9.17, 15) is 18.0 Å². The van der Waals surface area contributed by atoms with Gasteiger partial charge >= 0.3 is 6.36 Å². The standard InChI is InChI=1S/C23H25F3N2O3/c1-16-3-2-4-17(27-16)15-30-19-9-11-22(12-10-19)13-14-28(21(22)29)18-5-7-20(8-6-18)31-23(24,25)26/h2-8,19H,9-15H2,1H3/t19-,22+. The van der Waals surface area contributed by atoms with Gasteiger partial charge in [0.15, 0.2) is 0 Å². The first-order valence-electron chi connectivity index (χ1n) is 10.5. The van der Waals surface area contributed by atoms with Crippen LogP contribution in [0.15, 0.2) is 42.5 Å². The SMILES string of the molecule is Cc1cccc(CO[C@H]2CC[C@]3(CCN(c4ccc(OC(F)(F)F)cc4)C3=O)CC2)n1. The molecule has 2 fully saturated rings. The van der Waals surface area contributed by atoms with Gasteiger partial charge in [-0.05, 0) is 75.4 Å². The quantitative estimate of drug-likeness (QED) is 0.652. The first-order chi connectivity index (χ1) is 14.7. The van der Waals surface area contributed by atoms with Gasteiger partial charge in [0.05, 0.1) is 23.8 Å². The van der Waals surface area contributed by atoms with Crippen LogP contribution in [0.2, 0.25) is 0 Å². The lowest BCUT2D eigenvalue weighted by Gasteiger charge is -2.35. The molecule has 5 nitrogen and oxygen atoms in total. The lowest BCUT2D eigenvalue weighted by Crippen LogP contribution is -2.39. The zero-order valence-corrected chi connectivity index (χ0v) is 17.3. The molecule has 1 aliphatic carbocycles. The van der Waals surface area contributed by atoms with Crippen LogP contribution >= 0.6 is 0 Å². The van der Waals surface area contributed by atoms with E-state index in [-0.39, 0.29) is 17.8 Å². The van der Waals surface area contributed by atoms with Gasteiger partial charge in [-0.25, -0.2) is 0 Å². The summed E-state index contributed by atoms with van der Waals surface area (Å²) in [7, 11) is 0. The summed E-state index contributed by atoms with van der Waals surface area (Å²) in [4.78, 5) is 19.3. The van der Waals surface area contributed by atoms with E-state index in [1.54, 1.807) is 4.90 Å². The van der Waals surface area contributed by atoms with Crippen LogP contribution in [0.4, 0.5) is 18.9 Å². The predicted octanol–water partition coefficient (Wildman–Crippen LogP) is 5.17. The average molecular weight is 434 g/mol. The van der Waals surface area contributed by atoms with E-state index in [1.165, 1.54) is 24.3 Å². The number of carbonyl (C=O) groups is 1. The second-order valence-corrected chi connectivity index (χ2v) is 8.31. The molecule has 2 aromatic rings. The summed E-state index contributed by atoms with van der Waals surface area (Å²) in [6, 6.07) is 11.3. The van der Waals surface area contributed by atoms with Crippen LogP contribution in [-0.2, 0) is 16.1 Å². The second-order valence-electron chi connectivity index (χ2n) is 8.31. The minimum absolute atomic E-state index is 0.0517. The molecule has 2 aliphatic rings. The molecule has 0 bridgehead atoms. The Bertz CT molecular complexity index is 922. The number of alkyl halides is 3. The smallest absolute Gasteiger partial charge is 0.406 e. The average Bonchev–Trinajstić information content (AvgIpc) is 3.03. The van der Waals surface area contributed by atoms with E-state index in [4.69, 9.17) is 4.74 Å². The number of benzene rings is 1. The maximum absolute atomic E-state index is 13.2. The fourth-order valence-corrected chi connectivity index (χ4v) is 4.55. The molecule has 166 valence electrons. The Morgan fingerprint density at radius 1 is 1.10 bits per heavy atom. The number of aromatic nitrogens is 1. The number of amides is 1. The number of pyridine rings is 1. The van der Waals surface area contributed by atoms with Crippen LogP contribution in [0.1, 0.15) is 43.5 Å². The van der Waals surface area contributed by atoms with Crippen LogP contribution in [0.5, 0.6) is 5.75 Å². The molecule has 1 aromatic heterocycles. The van der Waals surface area contributed by atoms with Gasteiger partial charge in [-0.3, -0.25) is 9.78 Å². The van der Waals surface area contributed by atoms with E-state index >= 15 is 0 Å². The van der Waals surface area contributed by atoms with Crippen LogP contribution in [0.3, 0.4) is 0 Å². The molecule has 31 heavy (non-hydrogen) atoms. The third-order valence-electron chi connectivity index (χ3n) is 6.20. The fourth-order valence-electron chi connectivity index (χ4n) is 4.55. The monoisotopic (exact) mass is 434 g/mol. The third kappa shape index (κ3) is 5.01. The van der Waals surface area contributed by atoms with Crippen molar-refractivity contribution in [2.75, 3.05) is 11.4 Å². The maximum atomic E-state index is 13.2. The number of hydrogen-bond donors (Lipinski definition) is 0. The van der Waals surface area contributed by atoms with Crippen molar-refractivity contribution in [3.8, 4) is 5.75 Å². The first-order valence-corrected chi connectivity index (χ1v) is 10.5. The van der Waals surface area contributed by atoms with E-state index < -0.39 is 11.8 Å². The molecule has 8 heteroatoms. The highest BCUT2D eigenvalue weighted by atomic mass is 19.4. The van der Waals surface area contributed by atoms with Gasteiger partial charge in [0.1, 0.15) is 5.75 Å². The number of carbonyl (C=O) groups excluding carboxylic acids is 1. The van der Waals surface area contributed by atoms with Crippen molar-refractivity contribution < 1.29 is 27.4 Å². The number of hydrogen-bond acceptors (Lipinski definition) is 4. The van der Waals surface area contributed by atoms with E-state index in [0.29, 0.717) is 18.8 Å². The first kappa shape index (κ1) is 21.6.